The van der Waals surface area contributed by atoms with Crippen LogP contribution in [0.25, 0.3) is 0 Å². The molecular formula is C13H19NO4. The second-order valence-corrected chi connectivity index (χ2v) is 3.79. The zero-order valence-electron chi connectivity index (χ0n) is 10.3. The highest BCUT2D eigenvalue weighted by Crippen LogP contribution is 2.01. The van der Waals surface area contributed by atoms with Crippen molar-refractivity contribution in [1.29, 1.82) is 0 Å². The zero-order chi connectivity index (χ0) is 13.2. The number of hydrogen-bond acceptors (Lipinski definition) is 5. The van der Waals surface area contributed by atoms with Crippen LogP contribution in [-0.2, 0) is 4.74 Å². The summed E-state index contributed by atoms with van der Waals surface area (Å²) in [5.74, 6) is -0.358. The van der Waals surface area contributed by atoms with Gasteiger partial charge in [0.05, 0.1) is 18.8 Å². The highest BCUT2D eigenvalue weighted by atomic mass is 16.5. The van der Waals surface area contributed by atoms with Gasteiger partial charge in [-0.1, -0.05) is 18.2 Å². The highest BCUT2D eigenvalue weighted by molar-refractivity contribution is 5.89. The van der Waals surface area contributed by atoms with Gasteiger partial charge in [0, 0.05) is 19.6 Å². The molecule has 1 aromatic rings. The molecule has 0 unspecified atom stereocenters. The van der Waals surface area contributed by atoms with Crippen molar-refractivity contribution in [2.75, 3.05) is 39.5 Å². The molecule has 0 aliphatic heterocycles. The molecule has 0 saturated heterocycles. The van der Waals surface area contributed by atoms with E-state index in [0.717, 1.165) is 0 Å². The molecule has 0 spiro atoms. The number of aliphatic hydroxyl groups is 2. The second kappa shape index (κ2) is 8.63. The second-order valence-electron chi connectivity index (χ2n) is 3.79. The summed E-state index contributed by atoms with van der Waals surface area (Å²) in [7, 11) is 0. The van der Waals surface area contributed by atoms with Crippen molar-refractivity contribution in [3.05, 3.63) is 35.9 Å². The average Bonchev–Trinajstić information content (AvgIpc) is 2.40. The van der Waals surface area contributed by atoms with Crippen LogP contribution >= 0.6 is 0 Å². The summed E-state index contributed by atoms with van der Waals surface area (Å²) in [5.41, 5.74) is 0.522. The van der Waals surface area contributed by atoms with Crippen LogP contribution in [0.15, 0.2) is 30.3 Å². The van der Waals surface area contributed by atoms with E-state index in [0.29, 0.717) is 25.2 Å². The minimum Gasteiger partial charge on any atom is -0.461 e. The quantitative estimate of drug-likeness (QED) is 0.644. The van der Waals surface area contributed by atoms with E-state index >= 15 is 0 Å². The van der Waals surface area contributed by atoms with Gasteiger partial charge in [-0.25, -0.2) is 4.79 Å². The minimum absolute atomic E-state index is 0.0205. The first kappa shape index (κ1) is 14.6. The number of nitrogens with zero attached hydrogens (tertiary/aromatic N) is 1. The van der Waals surface area contributed by atoms with Gasteiger partial charge in [0.15, 0.2) is 0 Å². The van der Waals surface area contributed by atoms with Crippen LogP contribution in [0.1, 0.15) is 10.4 Å². The van der Waals surface area contributed by atoms with Crippen LogP contribution in [0.5, 0.6) is 0 Å². The van der Waals surface area contributed by atoms with E-state index in [1.807, 2.05) is 11.0 Å². The summed E-state index contributed by atoms with van der Waals surface area (Å²) in [6.07, 6.45) is 0. The van der Waals surface area contributed by atoms with Crippen LogP contribution in [-0.4, -0.2) is 60.5 Å². The molecule has 18 heavy (non-hydrogen) atoms. The van der Waals surface area contributed by atoms with E-state index < -0.39 is 0 Å². The fourth-order valence-electron chi connectivity index (χ4n) is 1.54. The van der Waals surface area contributed by atoms with E-state index in [1.165, 1.54) is 0 Å². The Morgan fingerprint density at radius 3 is 2.22 bits per heavy atom. The van der Waals surface area contributed by atoms with Gasteiger partial charge in [0.1, 0.15) is 6.61 Å². The molecule has 5 heteroatoms. The number of esters is 1. The Balaban J connectivity index is 2.30. The van der Waals surface area contributed by atoms with Crippen molar-refractivity contribution in [1.82, 2.24) is 4.90 Å². The van der Waals surface area contributed by atoms with Gasteiger partial charge in [0.2, 0.25) is 0 Å². The van der Waals surface area contributed by atoms with Crippen LogP contribution in [0.2, 0.25) is 0 Å². The summed E-state index contributed by atoms with van der Waals surface area (Å²) in [4.78, 5) is 13.4. The largest absolute Gasteiger partial charge is 0.461 e. The van der Waals surface area contributed by atoms with Crippen molar-refractivity contribution in [2.24, 2.45) is 0 Å². The van der Waals surface area contributed by atoms with Crippen LogP contribution in [0, 0.1) is 0 Å². The van der Waals surface area contributed by atoms with Crippen molar-refractivity contribution in [3.8, 4) is 0 Å². The summed E-state index contributed by atoms with van der Waals surface area (Å²) in [6.45, 7) is 1.71. The van der Waals surface area contributed by atoms with Crippen LogP contribution < -0.4 is 0 Å². The first-order valence-corrected chi connectivity index (χ1v) is 5.94. The summed E-state index contributed by atoms with van der Waals surface area (Å²) >= 11 is 0. The Bertz CT molecular complexity index is 336. The lowest BCUT2D eigenvalue weighted by molar-refractivity contribution is 0.0443. The topological polar surface area (TPSA) is 70.0 Å². The molecule has 0 bridgehead atoms. The molecule has 0 aromatic heterocycles. The maximum Gasteiger partial charge on any atom is 0.338 e. The Hall–Kier alpha value is -1.43. The SMILES string of the molecule is O=C(OCCN(CCO)CCO)c1ccccc1. The Kier molecular flexibility index (Phi) is 7.01. The highest BCUT2D eigenvalue weighted by Gasteiger charge is 2.08. The third-order valence-electron chi connectivity index (χ3n) is 2.48. The molecule has 1 aromatic carbocycles. The van der Waals surface area contributed by atoms with Crippen molar-refractivity contribution < 1.29 is 19.7 Å². The molecule has 100 valence electrons. The number of aliphatic hydroxyl groups excluding tert-OH is 2. The zero-order valence-corrected chi connectivity index (χ0v) is 10.3. The Morgan fingerprint density at radius 1 is 1.06 bits per heavy atom. The predicted molar refractivity (Wildman–Crippen MR) is 67.3 cm³/mol. The Morgan fingerprint density at radius 2 is 1.67 bits per heavy atom. The van der Waals surface area contributed by atoms with Gasteiger partial charge in [-0.3, -0.25) is 4.90 Å². The van der Waals surface area contributed by atoms with E-state index in [2.05, 4.69) is 0 Å². The normalized spacial score (nSPS) is 10.6. The minimum atomic E-state index is -0.358. The first-order chi connectivity index (χ1) is 8.77. The van der Waals surface area contributed by atoms with Crippen molar-refractivity contribution in [3.63, 3.8) is 0 Å². The summed E-state index contributed by atoms with van der Waals surface area (Å²) < 4.78 is 5.11. The van der Waals surface area contributed by atoms with Gasteiger partial charge in [0.25, 0.3) is 0 Å². The van der Waals surface area contributed by atoms with E-state index in [1.54, 1.807) is 24.3 Å². The van der Waals surface area contributed by atoms with Gasteiger partial charge >= 0.3 is 5.97 Å². The van der Waals surface area contributed by atoms with E-state index in [9.17, 15) is 4.79 Å². The number of benzene rings is 1. The van der Waals surface area contributed by atoms with Gasteiger partial charge < -0.3 is 14.9 Å². The monoisotopic (exact) mass is 253 g/mol. The standard InChI is InChI=1S/C13H19NO4/c15-9-6-14(7-10-16)8-11-18-13(17)12-4-2-1-3-5-12/h1-5,15-16H,6-11H2. The number of ether oxygens (including phenoxy) is 1. The lowest BCUT2D eigenvalue weighted by Crippen LogP contribution is -2.33. The molecule has 0 heterocycles. The van der Waals surface area contributed by atoms with E-state index in [-0.39, 0.29) is 25.8 Å². The number of hydrogen-bond donors (Lipinski definition) is 2. The fraction of sp³-hybridized carbons (Fsp3) is 0.462. The first-order valence-electron chi connectivity index (χ1n) is 5.94. The van der Waals surface area contributed by atoms with Crippen LogP contribution in [0.4, 0.5) is 0 Å². The molecule has 0 aliphatic rings. The predicted octanol–water partition coefficient (Wildman–Crippen LogP) is 0.130. The number of carbonyl (C=O) groups is 1. The molecule has 5 nitrogen and oxygen atoms in total. The molecular weight excluding hydrogens is 234 g/mol. The number of rotatable bonds is 8. The number of carbonyl (C=O) groups excluding carboxylic acids is 1. The van der Waals surface area contributed by atoms with Crippen LogP contribution in [0.3, 0.4) is 0 Å². The third-order valence-corrected chi connectivity index (χ3v) is 2.48. The fourth-order valence-corrected chi connectivity index (χ4v) is 1.54. The van der Waals surface area contributed by atoms with Crippen molar-refractivity contribution >= 4 is 5.97 Å². The molecule has 0 atom stereocenters. The summed E-state index contributed by atoms with van der Waals surface area (Å²) in [6, 6.07) is 8.78. The molecule has 0 saturated carbocycles. The maximum atomic E-state index is 11.6. The summed E-state index contributed by atoms with van der Waals surface area (Å²) in [5, 5.41) is 17.6. The molecule has 0 amide bonds. The lowest BCUT2D eigenvalue weighted by Gasteiger charge is -2.19. The molecule has 0 fully saturated rings. The van der Waals surface area contributed by atoms with Gasteiger partial charge in [-0.05, 0) is 12.1 Å². The lowest BCUT2D eigenvalue weighted by atomic mass is 10.2. The molecule has 0 radical (unpaired) electrons. The molecule has 1 rings (SSSR count). The third kappa shape index (κ3) is 5.27. The smallest absolute Gasteiger partial charge is 0.338 e. The van der Waals surface area contributed by atoms with Gasteiger partial charge in [-0.2, -0.15) is 0 Å². The van der Waals surface area contributed by atoms with E-state index in [4.69, 9.17) is 14.9 Å². The molecule has 2 N–H and O–H groups in total. The average molecular weight is 253 g/mol. The molecule has 0 aliphatic carbocycles. The van der Waals surface area contributed by atoms with Gasteiger partial charge in [-0.15, -0.1) is 0 Å². The van der Waals surface area contributed by atoms with Crippen molar-refractivity contribution in [2.45, 2.75) is 0 Å². The Labute approximate surface area is 107 Å². The maximum absolute atomic E-state index is 11.6.